The number of morpholine rings is 1. The molecule has 2 rings (SSSR count). The summed E-state index contributed by atoms with van der Waals surface area (Å²) in [6, 6.07) is 5.03. The summed E-state index contributed by atoms with van der Waals surface area (Å²) < 4.78 is 19.7. The maximum atomic E-state index is 13.6. The van der Waals surface area contributed by atoms with Crippen LogP contribution in [0.1, 0.15) is 12.0 Å². The molecule has 1 aliphatic rings. The Hall–Kier alpha value is -0.690. The lowest BCUT2D eigenvalue weighted by atomic mass is 10.1. The highest BCUT2D eigenvalue weighted by atomic mass is 79.9. The highest BCUT2D eigenvalue weighted by Gasteiger charge is 2.20. The van der Waals surface area contributed by atoms with Crippen molar-refractivity contribution >= 4 is 34.2 Å². The van der Waals surface area contributed by atoms with E-state index in [0.717, 1.165) is 11.0 Å². The number of halogens is 3. The molecule has 1 amide bonds. The number of hydrogen-bond acceptors (Lipinski definition) is 3. The van der Waals surface area contributed by atoms with E-state index in [0.29, 0.717) is 38.1 Å². The maximum absolute atomic E-state index is 13.6. The van der Waals surface area contributed by atoms with Crippen LogP contribution < -0.4 is 10.6 Å². The summed E-state index contributed by atoms with van der Waals surface area (Å²) in [7, 11) is 0. The molecule has 1 aliphatic heterocycles. The minimum Gasteiger partial charge on any atom is -0.366 e. The smallest absolute Gasteiger partial charge is 0.250 e. The van der Waals surface area contributed by atoms with Gasteiger partial charge in [0.1, 0.15) is 11.9 Å². The predicted octanol–water partition coefficient (Wildman–Crippen LogP) is 2.05. The lowest BCUT2D eigenvalue weighted by Crippen LogP contribution is -2.48. The molecule has 0 aliphatic carbocycles. The van der Waals surface area contributed by atoms with Crippen LogP contribution in [-0.4, -0.2) is 38.3 Å². The van der Waals surface area contributed by atoms with Crippen LogP contribution >= 0.6 is 28.3 Å². The summed E-state index contributed by atoms with van der Waals surface area (Å²) in [5, 5.41) is 5.92. The third-order valence-electron chi connectivity index (χ3n) is 3.16. The van der Waals surface area contributed by atoms with Gasteiger partial charge in [0.15, 0.2) is 0 Å². The Morgan fingerprint density at radius 1 is 1.52 bits per heavy atom. The second kappa shape index (κ2) is 9.35. The predicted molar refractivity (Wildman–Crippen MR) is 85.3 cm³/mol. The molecule has 0 aromatic heterocycles. The van der Waals surface area contributed by atoms with Crippen molar-refractivity contribution in [1.82, 2.24) is 10.6 Å². The van der Waals surface area contributed by atoms with Gasteiger partial charge in [-0.05, 0) is 30.5 Å². The number of carbonyl (C=O) groups is 1. The third kappa shape index (κ3) is 5.90. The molecule has 2 N–H and O–H groups in total. The molecule has 21 heavy (non-hydrogen) atoms. The van der Waals surface area contributed by atoms with E-state index in [1.54, 1.807) is 6.07 Å². The normalized spacial score (nSPS) is 17.9. The van der Waals surface area contributed by atoms with Crippen molar-refractivity contribution in [3.63, 3.8) is 0 Å². The number of benzene rings is 1. The Labute approximate surface area is 138 Å². The average Bonchev–Trinajstić information content (AvgIpc) is 2.46. The molecule has 0 bridgehead atoms. The van der Waals surface area contributed by atoms with Gasteiger partial charge in [0.05, 0.1) is 6.61 Å². The van der Waals surface area contributed by atoms with Gasteiger partial charge in [0, 0.05) is 24.1 Å². The molecule has 118 valence electrons. The zero-order chi connectivity index (χ0) is 14.4. The second-order valence-electron chi connectivity index (χ2n) is 4.69. The molecule has 1 atom stereocenters. The first-order chi connectivity index (χ1) is 9.66. The molecule has 4 nitrogen and oxygen atoms in total. The third-order valence-corrected chi connectivity index (χ3v) is 3.65. The standard InChI is InChI=1S/C14H18BrFN2O2.ClH/c15-11-4-3-10(12(16)8-11)2-1-5-18-14(19)13-9-17-6-7-20-13;/h3-4,8,13,17H,1-2,5-7,9H2,(H,18,19);1H. The van der Waals surface area contributed by atoms with Gasteiger partial charge in [-0.25, -0.2) is 4.39 Å². The van der Waals surface area contributed by atoms with Crippen molar-refractivity contribution in [3.05, 3.63) is 34.1 Å². The van der Waals surface area contributed by atoms with E-state index >= 15 is 0 Å². The van der Waals surface area contributed by atoms with E-state index in [9.17, 15) is 9.18 Å². The number of carbonyl (C=O) groups excluding carboxylic acids is 1. The number of aryl methyl sites for hydroxylation is 1. The Kier molecular flexibility index (Phi) is 8.18. The summed E-state index contributed by atoms with van der Waals surface area (Å²) >= 11 is 3.22. The SMILES string of the molecule is Cl.O=C(NCCCc1ccc(Br)cc1F)C1CNCCO1. The molecule has 0 spiro atoms. The number of hydrogen-bond donors (Lipinski definition) is 2. The first kappa shape index (κ1) is 18.4. The fourth-order valence-corrected chi connectivity index (χ4v) is 2.40. The summed E-state index contributed by atoms with van der Waals surface area (Å²) in [6.45, 7) is 2.41. The average molecular weight is 382 g/mol. The van der Waals surface area contributed by atoms with Crippen LogP contribution in [0.4, 0.5) is 4.39 Å². The number of ether oxygens (including phenoxy) is 1. The van der Waals surface area contributed by atoms with E-state index < -0.39 is 6.10 Å². The van der Waals surface area contributed by atoms with Crippen LogP contribution in [0.5, 0.6) is 0 Å². The molecule has 1 fully saturated rings. The van der Waals surface area contributed by atoms with Gasteiger partial charge in [-0.3, -0.25) is 4.79 Å². The topological polar surface area (TPSA) is 50.4 Å². The monoisotopic (exact) mass is 380 g/mol. The van der Waals surface area contributed by atoms with Gasteiger partial charge < -0.3 is 15.4 Å². The van der Waals surface area contributed by atoms with Crippen LogP contribution in [0.15, 0.2) is 22.7 Å². The van der Waals surface area contributed by atoms with Crippen molar-refractivity contribution in [1.29, 1.82) is 0 Å². The Bertz CT molecular complexity index is 470. The van der Waals surface area contributed by atoms with Gasteiger partial charge in [-0.15, -0.1) is 12.4 Å². The summed E-state index contributed by atoms with van der Waals surface area (Å²) in [5.74, 6) is -0.320. The van der Waals surface area contributed by atoms with Crippen molar-refractivity contribution in [2.24, 2.45) is 0 Å². The van der Waals surface area contributed by atoms with Gasteiger partial charge in [-0.1, -0.05) is 22.0 Å². The van der Waals surface area contributed by atoms with Crippen LogP contribution in [0.3, 0.4) is 0 Å². The zero-order valence-corrected chi connectivity index (χ0v) is 13.9. The van der Waals surface area contributed by atoms with Crippen LogP contribution in [0.2, 0.25) is 0 Å². The summed E-state index contributed by atoms with van der Waals surface area (Å²) in [4.78, 5) is 11.8. The fourth-order valence-electron chi connectivity index (χ4n) is 2.06. The molecular formula is C14H19BrClFN2O2. The second-order valence-corrected chi connectivity index (χ2v) is 5.61. The lowest BCUT2D eigenvalue weighted by Gasteiger charge is -2.22. The van der Waals surface area contributed by atoms with E-state index in [1.165, 1.54) is 6.07 Å². The van der Waals surface area contributed by atoms with Crippen LogP contribution in [0, 0.1) is 5.82 Å². The zero-order valence-electron chi connectivity index (χ0n) is 11.5. The van der Waals surface area contributed by atoms with Crippen LogP contribution in [0.25, 0.3) is 0 Å². The first-order valence-electron chi connectivity index (χ1n) is 6.71. The van der Waals surface area contributed by atoms with E-state index in [2.05, 4.69) is 26.6 Å². The van der Waals surface area contributed by atoms with Crippen LogP contribution in [-0.2, 0) is 16.0 Å². The Morgan fingerprint density at radius 2 is 2.33 bits per heavy atom. The van der Waals surface area contributed by atoms with E-state index in [4.69, 9.17) is 4.74 Å². The van der Waals surface area contributed by atoms with Gasteiger partial charge in [-0.2, -0.15) is 0 Å². The van der Waals surface area contributed by atoms with Crippen molar-refractivity contribution in [2.75, 3.05) is 26.2 Å². The number of amides is 1. The summed E-state index contributed by atoms with van der Waals surface area (Å²) in [5.41, 5.74) is 0.665. The fraction of sp³-hybridized carbons (Fsp3) is 0.500. The van der Waals surface area contributed by atoms with E-state index in [1.807, 2.05) is 6.07 Å². The minimum atomic E-state index is -0.409. The molecule has 1 heterocycles. The quantitative estimate of drug-likeness (QED) is 0.768. The molecular weight excluding hydrogens is 363 g/mol. The first-order valence-corrected chi connectivity index (χ1v) is 7.50. The lowest BCUT2D eigenvalue weighted by molar-refractivity contribution is -0.134. The van der Waals surface area contributed by atoms with Crippen molar-refractivity contribution in [3.8, 4) is 0 Å². The molecule has 1 saturated heterocycles. The largest absolute Gasteiger partial charge is 0.366 e. The molecule has 1 unspecified atom stereocenters. The highest BCUT2D eigenvalue weighted by Crippen LogP contribution is 2.16. The number of rotatable bonds is 5. The Morgan fingerprint density at radius 3 is 3.00 bits per heavy atom. The van der Waals surface area contributed by atoms with Crippen molar-refractivity contribution in [2.45, 2.75) is 18.9 Å². The highest BCUT2D eigenvalue weighted by molar-refractivity contribution is 9.10. The molecule has 0 radical (unpaired) electrons. The van der Waals surface area contributed by atoms with Gasteiger partial charge >= 0.3 is 0 Å². The minimum absolute atomic E-state index is 0. The van der Waals surface area contributed by atoms with Gasteiger partial charge in [0.25, 0.3) is 0 Å². The number of nitrogens with one attached hydrogen (secondary N) is 2. The van der Waals surface area contributed by atoms with E-state index in [-0.39, 0.29) is 24.1 Å². The Balaban J connectivity index is 0.00000220. The summed E-state index contributed by atoms with van der Waals surface area (Å²) in [6.07, 6.45) is 0.890. The molecule has 1 aromatic rings. The molecule has 7 heteroatoms. The molecule has 0 saturated carbocycles. The van der Waals surface area contributed by atoms with Gasteiger partial charge in [0.2, 0.25) is 5.91 Å². The maximum Gasteiger partial charge on any atom is 0.250 e. The molecule has 1 aromatic carbocycles. The van der Waals surface area contributed by atoms with Crippen molar-refractivity contribution < 1.29 is 13.9 Å².